The van der Waals surface area contributed by atoms with Crippen LogP contribution in [0.15, 0.2) is 0 Å². The third-order valence-corrected chi connectivity index (χ3v) is 17.5. The summed E-state index contributed by atoms with van der Waals surface area (Å²) in [7, 11) is -1.47. The highest BCUT2D eigenvalue weighted by Crippen LogP contribution is 2.33. The number of hydrogen-bond acceptors (Lipinski definition) is 3. The first-order valence-corrected chi connectivity index (χ1v) is 16.7. The molecule has 2 unspecified atom stereocenters. The second-order valence-corrected chi connectivity index (χ2v) is 20.9. The zero-order chi connectivity index (χ0) is 21.0. The molecule has 0 amide bonds. The molecule has 0 aliphatic heterocycles. The minimum atomic E-state index is -1.66. The van der Waals surface area contributed by atoms with E-state index in [0.29, 0.717) is 12.1 Å². The van der Waals surface area contributed by atoms with Crippen molar-refractivity contribution in [1.29, 1.82) is 0 Å². The van der Waals surface area contributed by atoms with Gasteiger partial charge in [0, 0.05) is 25.4 Å². The summed E-state index contributed by atoms with van der Waals surface area (Å²) in [6.07, 6.45) is 3.27. The zero-order valence-electron chi connectivity index (χ0n) is 20.2. The van der Waals surface area contributed by atoms with E-state index in [-0.39, 0.29) is 10.4 Å². The maximum absolute atomic E-state index is 6.75. The summed E-state index contributed by atoms with van der Waals surface area (Å²) in [6.45, 7) is 28.2. The van der Waals surface area contributed by atoms with Gasteiger partial charge in [-0.25, -0.2) is 0 Å². The number of ether oxygens (including phenoxy) is 2. The molecule has 26 heavy (non-hydrogen) atoms. The Labute approximate surface area is 167 Å². The van der Waals surface area contributed by atoms with Crippen LogP contribution in [0.3, 0.4) is 0 Å². The van der Waals surface area contributed by atoms with Crippen LogP contribution in [0.4, 0.5) is 0 Å². The quantitative estimate of drug-likeness (QED) is 0.391. The number of nitrogens with zero attached hydrogens (tertiary/aromatic N) is 1. The third-order valence-electron chi connectivity index (χ3n) is 7.52. The number of methoxy groups -OCH3 is 1. The molecule has 0 saturated carbocycles. The van der Waals surface area contributed by atoms with Crippen LogP contribution in [0, 0.1) is 0 Å². The molecule has 5 heteroatoms. The van der Waals surface area contributed by atoms with Crippen molar-refractivity contribution in [3.8, 4) is 0 Å². The van der Waals surface area contributed by atoms with Gasteiger partial charge in [0.2, 0.25) is 0 Å². The second-order valence-electron chi connectivity index (χ2n) is 10.3. The van der Waals surface area contributed by atoms with Crippen LogP contribution in [0.5, 0.6) is 0 Å². The number of hydrogen-bond donors (Lipinski definition) is 0. The van der Waals surface area contributed by atoms with Gasteiger partial charge in [0.25, 0.3) is 0 Å². The van der Waals surface area contributed by atoms with Gasteiger partial charge in [-0.1, -0.05) is 39.5 Å². The van der Waals surface area contributed by atoms with Gasteiger partial charge in [-0.2, -0.15) is 0 Å². The highest BCUT2D eigenvalue weighted by Gasteiger charge is 2.47. The van der Waals surface area contributed by atoms with Gasteiger partial charge in [-0.3, -0.25) is 0 Å². The van der Waals surface area contributed by atoms with Gasteiger partial charge in [0.15, 0.2) is 0 Å². The molecule has 0 heterocycles. The molecule has 3 nitrogen and oxygen atoms in total. The van der Waals surface area contributed by atoms with E-state index >= 15 is 0 Å². The Balaban J connectivity index is 5.42. The van der Waals surface area contributed by atoms with Crippen molar-refractivity contribution >= 4 is 16.1 Å². The summed E-state index contributed by atoms with van der Waals surface area (Å²) in [4.78, 5) is 2.71. The summed E-state index contributed by atoms with van der Waals surface area (Å²) in [6, 6.07) is 2.45. The molecule has 0 rings (SSSR count). The molecule has 158 valence electrons. The van der Waals surface area contributed by atoms with E-state index < -0.39 is 16.1 Å². The van der Waals surface area contributed by atoms with E-state index in [1.54, 1.807) is 0 Å². The molecule has 0 fully saturated rings. The standard InChI is InChI=1S/C21H49NO2Si2/c1-14-19(5)22(18(3)4)16-26(13,15-2)21(8,9)24-17-25(11,12)20(6,7)23-10/h18-19H,14-17H2,1-13H3. The average molecular weight is 404 g/mol. The van der Waals surface area contributed by atoms with E-state index in [9.17, 15) is 0 Å². The first-order valence-electron chi connectivity index (χ1n) is 10.6. The van der Waals surface area contributed by atoms with Crippen LogP contribution in [0.25, 0.3) is 0 Å². The van der Waals surface area contributed by atoms with E-state index in [0.717, 1.165) is 6.23 Å². The summed E-state index contributed by atoms with van der Waals surface area (Å²) in [5, 5.41) is -0.121. The first kappa shape index (κ1) is 26.3. The van der Waals surface area contributed by atoms with Gasteiger partial charge < -0.3 is 14.4 Å². The highest BCUT2D eigenvalue weighted by molar-refractivity contribution is 6.82. The van der Waals surface area contributed by atoms with Crippen LogP contribution >= 0.6 is 0 Å². The smallest absolute Gasteiger partial charge is 0.114 e. The predicted molar refractivity (Wildman–Crippen MR) is 122 cm³/mol. The molecule has 0 aromatic rings. The van der Waals surface area contributed by atoms with Crippen LogP contribution in [-0.4, -0.2) is 63.1 Å². The molecular weight excluding hydrogens is 354 g/mol. The molecule has 0 aromatic heterocycles. The lowest BCUT2D eigenvalue weighted by Gasteiger charge is -2.49. The maximum Gasteiger partial charge on any atom is 0.114 e. The molecule has 0 N–H and O–H groups in total. The average Bonchev–Trinajstić information content (AvgIpc) is 2.56. The van der Waals surface area contributed by atoms with Crippen molar-refractivity contribution in [3.05, 3.63) is 0 Å². The lowest BCUT2D eigenvalue weighted by Crippen LogP contribution is -2.64. The summed E-state index contributed by atoms with van der Waals surface area (Å²) >= 11 is 0. The largest absolute Gasteiger partial charge is 0.382 e. The SMILES string of the molecule is CCC(C)N(C[Si](C)(CC)C(C)(C)OC[Si](C)(C)C(C)(C)OC)C(C)C. The Morgan fingerprint density at radius 1 is 0.923 bits per heavy atom. The van der Waals surface area contributed by atoms with Crippen molar-refractivity contribution in [2.24, 2.45) is 0 Å². The lowest BCUT2D eigenvalue weighted by atomic mass is 10.2. The lowest BCUT2D eigenvalue weighted by molar-refractivity contribution is 0.0413. The fraction of sp³-hybridized carbons (Fsp3) is 1.00. The van der Waals surface area contributed by atoms with Gasteiger partial charge in [-0.15, -0.1) is 0 Å². The van der Waals surface area contributed by atoms with Crippen molar-refractivity contribution in [2.75, 3.05) is 19.5 Å². The topological polar surface area (TPSA) is 21.7 Å². The molecule has 0 aliphatic carbocycles. The molecule has 0 aromatic carbocycles. The van der Waals surface area contributed by atoms with E-state index in [1.165, 1.54) is 18.6 Å². The normalized spacial score (nSPS) is 17.7. The van der Waals surface area contributed by atoms with Gasteiger partial charge in [0.1, 0.15) is 16.1 Å². The van der Waals surface area contributed by atoms with E-state index in [1.807, 2.05) is 7.11 Å². The van der Waals surface area contributed by atoms with Crippen molar-refractivity contribution in [1.82, 2.24) is 4.90 Å². The Bertz CT molecular complexity index is 424. The van der Waals surface area contributed by atoms with Crippen LogP contribution in [0.1, 0.15) is 68.7 Å². The third kappa shape index (κ3) is 6.16. The molecule has 0 saturated heterocycles. The molecule has 0 spiro atoms. The zero-order valence-corrected chi connectivity index (χ0v) is 22.2. The van der Waals surface area contributed by atoms with Crippen molar-refractivity contribution in [3.63, 3.8) is 0 Å². The summed E-state index contributed by atoms with van der Waals surface area (Å²) in [5.74, 6) is 0. The minimum Gasteiger partial charge on any atom is -0.382 e. The minimum absolute atomic E-state index is 0.0452. The Morgan fingerprint density at radius 3 is 1.77 bits per heavy atom. The van der Waals surface area contributed by atoms with E-state index in [2.05, 4.69) is 86.9 Å². The second kappa shape index (κ2) is 9.68. The highest BCUT2D eigenvalue weighted by atomic mass is 28.3. The van der Waals surface area contributed by atoms with Crippen LogP contribution in [-0.2, 0) is 9.47 Å². The molecule has 0 aliphatic rings. The number of rotatable bonds is 12. The molecule has 0 radical (unpaired) electrons. The van der Waals surface area contributed by atoms with Crippen molar-refractivity contribution < 1.29 is 9.47 Å². The molecular formula is C21H49NO2Si2. The van der Waals surface area contributed by atoms with Crippen LogP contribution in [0.2, 0.25) is 25.7 Å². The summed E-state index contributed by atoms with van der Waals surface area (Å²) in [5.41, 5.74) is 0. The monoisotopic (exact) mass is 403 g/mol. The van der Waals surface area contributed by atoms with Gasteiger partial charge in [0.05, 0.1) is 10.4 Å². The van der Waals surface area contributed by atoms with E-state index in [4.69, 9.17) is 9.47 Å². The summed E-state index contributed by atoms with van der Waals surface area (Å²) < 4.78 is 12.6. The first-order chi connectivity index (χ1) is 11.6. The fourth-order valence-corrected chi connectivity index (χ4v) is 8.32. The van der Waals surface area contributed by atoms with Crippen molar-refractivity contribution in [2.45, 2.75) is 117 Å². The Kier molecular flexibility index (Phi) is 9.80. The molecule has 0 bridgehead atoms. The Morgan fingerprint density at radius 2 is 1.42 bits per heavy atom. The Hall–Kier alpha value is 0.314. The fourth-order valence-electron chi connectivity index (χ4n) is 3.20. The predicted octanol–water partition coefficient (Wildman–Crippen LogP) is 5.68. The molecule has 2 atom stereocenters. The maximum atomic E-state index is 6.75. The van der Waals surface area contributed by atoms with Gasteiger partial charge in [-0.05, 0) is 61.1 Å². The van der Waals surface area contributed by atoms with Gasteiger partial charge >= 0.3 is 0 Å². The van der Waals surface area contributed by atoms with Crippen LogP contribution < -0.4 is 0 Å².